The average molecular weight is 397 g/mol. The van der Waals surface area contributed by atoms with Gasteiger partial charge in [-0.25, -0.2) is 0 Å². The minimum absolute atomic E-state index is 0.0105. The van der Waals surface area contributed by atoms with E-state index in [1.54, 1.807) is 0 Å². The second-order valence-electron chi connectivity index (χ2n) is 6.07. The second kappa shape index (κ2) is 10.5. The molecule has 0 fully saturated rings. The van der Waals surface area contributed by atoms with E-state index in [4.69, 9.17) is 5.11 Å². The fourth-order valence-electron chi connectivity index (χ4n) is 2.34. The maximum atomic E-state index is 12.6. The molecule has 27 heavy (non-hydrogen) atoms. The molecule has 10 heteroatoms. The Balaban J connectivity index is 2.91. The molecule has 0 radical (unpaired) electrons. The van der Waals surface area contributed by atoms with Gasteiger partial charge in [-0.2, -0.15) is 11.8 Å². The number of nitro benzene ring substituents is 1. The summed E-state index contributed by atoms with van der Waals surface area (Å²) in [4.78, 5) is 47.6. The zero-order valence-corrected chi connectivity index (χ0v) is 16.2. The van der Waals surface area contributed by atoms with Crippen LogP contribution in [0.3, 0.4) is 0 Å². The zero-order valence-electron chi connectivity index (χ0n) is 15.4. The van der Waals surface area contributed by atoms with Gasteiger partial charge >= 0.3 is 5.97 Å². The SMILES string of the molecule is CSCCC(NC(=O)c1cccc([N+](=O)[O-])c1)C(=O)N(C)CC(C)C(=O)O. The first-order chi connectivity index (χ1) is 12.7. The number of carbonyl (C=O) groups excluding carboxylic acids is 2. The zero-order chi connectivity index (χ0) is 20.6. The van der Waals surface area contributed by atoms with E-state index in [0.29, 0.717) is 12.2 Å². The van der Waals surface area contributed by atoms with Gasteiger partial charge in [0.25, 0.3) is 11.6 Å². The maximum absolute atomic E-state index is 12.6. The normalized spacial score (nSPS) is 12.7. The number of carbonyl (C=O) groups is 3. The number of amides is 2. The molecule has 0 aliphatic rings. The number of aliphatic carboxylic acids is 1. The lowest BCUT2D eigenvalue weighted by atomic mass is 10.1. The first-order valence-corrected chi connectivity index (χ1v) is 9.58. The van der Waals surface area contributed by atoms with Crippen molar-refractivity contribution in [2.45, 2.75) is 19.4 Å². The van der Waals surface area contributed by atoms with Gasteiger partial charge in [0.2, 0.25) is 5.91 Å². The predicted molar refractivity (Wildman–Crippen MR) is 102 cm³/mol. The van der Waals surface area contributed by atoms with Crippen LogP contribution in [0.4, 0.5) is 5.69 Å². The van der Waals surface area contributed by atoms with Crippen LogP contribution in [0.1, 0.15) is 23.7 Å². The van der Waals surface area contributed by atoms with Crippen LogP contribution in [-0.2, 0) is 9.59 Å². The number of carboxylic acids is 1. The number of non-ortho nitro benzene ring substituents is 1. The van der Waals surface area contributed by atoms with Gasteiger partial charge in [-0.3, -0.25) is 24.5 Å². The number of benzene rings is 1. The highest BCUT2D eigenvalue weighted by molar-refractivity contribution is 7.98. The molecule has 1 rings (SSSR count). The van der Waals surface area contributed by atoms with Gasteiger partial charge in [0, 0.05) is 31.3 Å². The highest BCUT2D eigenvalue weighted by atomic mass is 32.2. The van der Waals surface area contributed by atoms with Crippen molar-refractivity contribution in [1.82, 2.24) is 10.2 Å². The molecule has 0 heterocycles. The van der Waals surface area contributed by atoms with Crippen LogP contribution in [0.5, 0.6) is 0 Å². The fourth-order valence-corrected chi connectivity index (χ4v) is 2.81. The van der Waals surface area contributed by atoms with Crippen LogP contribution < -0.4 is 5.32 Å². The van der Waals surface area contributed by atoms with Crippen molar-refractivity contribution >= 4 is 35.2 Å². The molecule has 0 saturated heterocycles. The number of carboxylic acid groups (broad SMARTS) is 1. The Hall–Kier alpha value is -2.62. The smallest absolute Gasteiger partial charge is 0.308 e. The Morgan fingerprint density at radius 1 is 1.37 bits per heavy atom. The summed E-state index contributed by atoms with van der Waals surface area (Å²) in [6.45, 7) is 1.50. The molecule has 2 amide bonds. The Bertz CT molecular complexity index is 712. The molecule has 0 aliphatic carbocycles. The van der Waals surface area contributed by atoms with E-state index in [2.05, 4.69) is 5.32 Å². The molecule has 0 aromatic heterocycles. The number of nitrogens with zero attached hydrogens (tertiary/aromatic N) is 2. The molecule has 9 nitrogen and oxygen atoms in total. The highest BCUT2D eigenvalue weighted by Crippen LogP contribution is 2.14. The van der Waals surface area contributed by atoms with Gasteiger partial charge in [0.1, 0.15) is 6.04 Å². The number of hydrogen-bond donors (Lipinski definition) is 2. The lowest BCUT2D eigenvalue weighted by Crippen LogP contribution is -2.49. The van der Waals surface area contributed by atoms with Crippen LogP contribution in [0, 0.1) is 16.0 Å². The van der Waals surface area contributed by atoms with Gasteiger partial charge in [-0.1, -0.05) is 13.0 Å². The van der Waals surface area contributed by atoms with E-state index in [1.807, 2.05) is 6.26 Å². The van der Waals surface area contributed by atoms with E-state index in [1.165, 1.54) is 48.8 Å². The van der Waals surface area contributed by atoms with Crippen molar-refractivity contribution in [3.63, 3.8) is 0 Å². The van der Waals surface area contributed by atoms with Crippen molar-refractivity contribution in [3.05, 3.63) is 39.9 Å². The third kappa shape index (κ3) is 6.89. The van der Waals surface area contributed by atoms with Crippen molar-refractivity contribution in [3.8, 4) is 0 Å². The van der Waals surface area contributed by atoms with E-state index in [9.17, 15) is 24.5 Å². The summed E-state index contributed by atoms with van der Waals surface area (Å²) < 4.78 is 0. The topological polar surface area (TPSA) is 130 Å². The van der Waals surface area contributed by atoms with E-state index >= 15 is 0 Å². The standard InChI is InChI=1S/C17H23N3O6S/c1-11(17(23)24)10-19(2)16(22)14(7-8-27-3)18-15(21)12-5-4-6-13(9-12)20(25)26/h4-6,9,11,14H,7-8,10H2,1-3H3,(H,18,21)(H,23,24). The van der Waals surface area contributed by atoms with Gasteiger partial charge < -0.3 is 15.3 Å². The third-order valence-corrected chi connectivity index (χ3v) is 4.52. The van der Waals surface area contributed by atoms with Gasteiger partial charge in [0.15, 0.2) is 0 Å². The Morgan fingerprint density at radius 2 is 2.04 bits per heavy atom. The minimum atomic E-state index is -1.02. The summed E-state index contributed by atoms with van der Waals surface area (Å²) in [6.07, 6.45) is 2.21. The highest BCUT2D eigenvalue weighted by Gasteiger charge is 2.26. The number of nitro groups is 1. The van der Waals surface area contributed by atoms with Crippen molar-refractivity contribution in [2.24, 2.45) is 5.92 Å². The third-order valence-electron chi connectivity index (χ3n) is 3.88. The molecule has 1 aromatic carbocycles. The summed E-state index contributed by atoms with van der Waals surface area (Å²) in [5.41, 5.74) is -0.144. The van der Waals surface area contributed by atoms with Crippen LogP contribution in [0.15, 0.2) is 24.3 Å². The number of rotatable bonds is 10. The molecule has 2 N–H and O–H groups in total. The van der Waals surface area contributed by atoms with Gasteiger partial charge in [-0.15, -0.1) is 0 Å². The predicted octanol–water partition coefficient (Wildman–Crippen LogP) is 1.63. The summed E-state index contributed by atoms with van der Waals surface area (Å²) in [5.74, 6) is -2.16. The average Bonchev–Trinajstić information content (AvgIpc) is 2.64. The summed E-state index contributed by atoms with van der Waals surface area (Å²) in [6, 6.07) is 4.38. The number of nitrogens with one attached hydrogen (secondary N) is 1. The second-order valence-corrected chi connectivity index (χ2v) is 7.06. The van der Waals surface area contributed by atoms with E-state index in [0.717, 1.165) is 6.07 Å². The van der Waals surface area contributed by atoms with Crippen LogP contribution >= 0.6 is 11.8 Å². The molecule has 0 spiro atoms. The van der Waals surface area contributed by atoms with E-state index in [-0.39, 0.29) is 17.8 Å². The summed E-state index contributed by atoms with van der Waals surface area (Å²) >= 11 is 1.50. The van der Waals surface area contributed by atoms with Crippen molar-refractivity contribution in [2.75, 3.05) is 25.6 Å². The Labute approximate surface area is 161 Å². The maximum Gasteiger partial charge on any atom is 0.308 e. The molecule has 148 valence electrons. The lowest BCUT2D eigenvalue weighted by molar-refractivity contribution is -0.384. The first kappa shape index (κ1) is 22.4. The van der Waals surface area contributed by atoms with Crippen LogP contribution in [-0.4, -0.2) is 64.4 Å². The summed E-state index contributed by atoms with van der Waals surface area (Å²) in [7, 11) is 1.48. The Morgan fingerprint density at radius 3 is 2.59 bits per heavy atom. The largest absolute Gasteiger partial charge is 0.481 e. The first-order valence-electron chi connectivity index (χ1n) is 8.19. The molecule has 0 saturated carbocycles. The molecular formula is C17H23N3O6S. The molecular weight excluding hydrogens is 374 g/mol. The number of thioether (sulfide) groups is 1. The van der Waals surface area contributed by atoms with Gasteiger partial charge in [0.05, 0.1) is 10.8 Å². The molecule has 2 atom stereocenters. The fraction of sp³-hybridized carbons (Fsp3) is 0.471. The minimum Gasteiger partial charge on any atom is -0.481 e. The Kier molecular flexibility index (Phi) is 8.73. The van der Waals surface area contributed by atoms with Crippen LogP contribution in [0.25, 0.3) is 0 Å². The number of hydrogen-bond acceptors (Lipinski definition) is 6. The quantitative estimate of drug-likeness (QED) is 0.453. The number of likely N-dealkylation sites (N-methyl/N-ethyl adjacent to an activating group) is 1. The van der Waals surface area contributed by atoms with Gasteiger partial charge in [-0.05, 0) is 24.5 Å². The lowest BCUT2D eigenvalue weighted by Gasteiger charge is -2.25. The summed E-state index contributed by atoms with van der Waals surface area (Å²) in [5, 5.41) is 22.5. The molecule has 2 unspecified atom stereocenters. The van der Waals surface area contributed by atoms with Crippen molar-refractivity contribution in [1.29, 1.82) is 0 Å². The van der Waals surface area contributed by atoms with Crippen LogP contribution in [0.2, 0.25) is 0 Å². The van der Waals surface area contributed by atoms with E-state index < -0.39 is 34.7 Å². The molecule has 0 bridgehead atoms. The molecule has 1 aromatic rings. The van der Waals surface area contributed by atoms with Crippen molar-refractivity contribution < 1.29 is 24.4 Å². The molecule has 0 aliphatic heterocycles. The monoisotopic (exact) mass is 397 g/mol.